The van der Waals surface area contributed by atoms with Crippen LogP contribution in [0.1, 0.15) is 23.2 Å². The lowest BCUT2D eigenvalue weighted by Crippen LogP contribution is -2.34. The molecule has 1 fully saturated rings. The topological polar surface area (TPSA) is 85.2 Å². The Bertz CT molecular complexity index is 1230. The number of amides is 1. The molecular formula is C20H19ClF2N4O4. The van der Waals surface area contributed by atoms with Crippen LogP contribution in [0.5, 0.6) is 11.5 Å². The number of fused-ring (bicyclic) bond motifs is 3. The Morgan fingerprint density at radius 3 is 2.65 bits per heavy atom. The first-order valence-corrected chi connectivity index (χ1v) is 9.67. The van der Waals surface area contributed by atoms with Crippen molar-refractivity contribution >= 4 is 34.9 Å². The number of ether oxygens (including phenoxy) is 2. The Balaban J connectivity index is 0.00000231. The normalized spacial score (nSPS) is 17.1. The van der Waals surface area contributed by atoms with Crippen LogP contribution >= 0.6 is 12.4 Å². The zero-order chi connectivity index (χ0) is 20.9. The fraction of sp³-hybridized carbons (Fsp3) is 0.350. The number of alkyl halides is 2. The summed E-state index contributed by atoms with van der Waals surface area (Å²) < 4.78 is 36.8. The highest BCUT2D eigenvalue weighted by atomic mass is 35.5. The van der Waals surface area contributed by atoms with E-state index in [0.29, 0.717) is 6.54 Å². The molecule has 8 nitrogen and oxygen atoms in total. The van der Waals surface area contributed by atoms with Gasteiger partial charge in [0, 0.05) is 25.4 Å². The first-order valence-electron chi connectivity index (χ1n) is 9.67. The van der Waals surface area contributed by atoms with Crippen LogP contribution in [-0.4, -0.2) is 52.7 Å². The summed E-state index contributed by atoms with van der Waals surface area (Å²) in [5.41, 5.74) is 0.000849. The second-order valence-corrected chi connectivity index (χ2v) is 7.32. The lowest BCUT2D eigenvalue weighted by Gasteiger charge is -2.15. The van der Waals surface area contributed by atoms with Gasteiger partial charge in [0.2, 0.25) is 0 Å². The van der Waals surface area contributed by atoms with Crippen LogP contribution in [0, 0.1) is 0 Å². The number of likely N-dealkylation sites (tertiary alicyclic amines) is 1. The van der Waals surface area contributed by atoms with Gasteiger partial charge in [-0.3, -0.25) is 14.0 Å². The van der Waals surface area contributed by atoms with Crippen molar-refractivity contribution in [2.75, 3.05) is 26.2 Å². The number of aromatic nitrogens is 2. The van der Waals surface area contributed by atoms with Gasteiger partial charge < -0.3 is 19.7 Å². The molecule has 3 aromatic rings. The van der Waals surface area contributed by atoms with Gasteiger partial charge in [0.1, 0.15) is 0 Å². The number of carbonyl (C=O) groups excluding carboxylic acids is 1. The minimum absolute atomic E-state index is 0. The smallest absolute Gasteiger partial charge is 0.395 e. The summed E-state index contributed by atoms with van der Waals surface area (Å²) in [5, 5.41) is 2.94. The number of benzene rings is 1. The van der Waals surface area contributed by atoms with Crippen LogP contribution in [-0.2, 0) is 0 Å². The van der Waals surface area contributed by atoms with Crippen LogP contribution in [0.2, 0.25) is 0 Å². The number of hydrogen-bond acceptors (Lipinski definition) is 6. The molecular weight excluding hydrogens is 434 g/mol. The molecule has 164 valence electrons. The highest BCUT2D eigenvalue weighted by molar-refractivity contribution is 6.00. The predicted octanol–water partition coefficient (Wildman–Crippen LogP) is 2.42. The quantitative estimate of drug-likeness (QED) is 0.612. The Kier molecular flexibility index (Phi) is 5.44. The van der Waals surface area contributed by atoms with Crippen molar-refractivity contribution in [2.45, 2.75) is 19.1 Å². The van der Waals surface area contributed by atoms with Crippen molar-refractivity contribution in [3.8, 4) is 11.5 Å². The van der Waals surface area contributed by atoms with E-state index in [1.54, 1.807) is 12.1 Å². The third-order valence-corrected chi connectivity index (χ3v) is 5.32. The molecule has 0 saturated carbocycles. The van der Waals surface area contributed by atoms with Crippen molar-refractivity contribution in [2.24, 2.45) is 0 Å². The van der Waals surface area contributed by atoms with Crippen LogP contribution < -0.4 is 20.3 Å². The van der Waals surface area contributed by atoms with E-state index in [2.05, 4.69) is 24.7 Å². The maximum atomic E-state index is 13.4. The molecule has 2 aromatic heterocycles. The molecule has 5 rings (SSSR count). The van der Waals surface area contributed by atoms with E-state index in [4.69, 9.17) is 0 Å². The molecule has 0 radical (unpaired) electrons. The van der Waals surface area contributed by atoms with Gasteiger partial charge in [-0.2, -0.15) is 0 Å². The van der Waals surface area contributed by atoms with E-state index < -0.39 is 11.9 Å². The van der Waals surface area contributed by atoms with Crippen LogP contribution in [0.15, 0.2) is 35.3 Å². The minimum atomic E-state index is -3.80. The van der Waals surface area contributed by atoms with E-state index >= 15 is 0 Å². The summed E-state index contributed by atoms with van der Waals surface area (Å²) in [6, 6.07) is 5.53. The number of hydrogen-bond donors (Lipinski definition) is 1. The van der Waals surface area contributed by atoms with E-state index in [1.165, 1.54) is 35.6 Å². The molecule has 2 aliphatic rings. The van der Waals surface area contributed by atoms with Gasteiger partial charge in [-0.25, -0.2) is 4.98 Å². The monoisotopic (exact) mass is 452 g/mol. The third-order valence-electron chi connectivity index (χ3n) is 5.32. The van der Waals surface area contributed by atoms with E-state index in [9.17, 15) is 18.4 Å². The maximum Gasteiger partial charge on any atom is 0.586 e. The van der Waals surface area contributed by atoms with Gasteiger partial charge in [-0.1, -0.05) is 0 Å². The molecule has 31 heavy (non-hydrogen) atoms. The number of nitrogens with one attached hydrogen (secondary N) is 1. The average Bonchev–Trinajstić information content (AvgIpc) is 3.32. The van der Waals surface area contributed by atoms with Gasteiger partial charge in [-0.15, -0.1) is 21.2 Å². The van der Waals surface area contributed by atoms with Crippen molar-refractivity contribution in [1.82, 2.24) is 19.6 Å². The summed E-state index contributed by atoms with van der Waals surface area (Å²) >= 11 is 0. The van der Waals surface area contributed by atoms with Crippen molar-refractivity contribution in [3.63, 3.8) is 0 Å². The third kappa shape index (κ3) is 3.88. The predicted molar refractivity (Wildman–Crippen MR) is 110 cm³/mol. The van der Waals surface area contributed by atoms with Gasteiger partial charge in [-0.05, 0) is 44.1 Å². The first-order chi connectivity index (χ1) is 14.4. The number of nitrogens with zero attached hydrogens (tertiary/aromatic N) is 3. The van der Waals surface area contributed by atoms with Gasteiger partial charge in [0.15, 0.2) is 17.1 Å². The number of rotatable bonds is 4. The number of halogens is 3. The standard InChI is InChI=1S/C20H18F2N4O4.ClH/c21-20(22)29-15-10-13-14(11-16(15)30-20)24-17-12(4-3-8-26(17)19(13)28)18(27)23-5-9-25-6-1-2-7-25;/h3-4,8,10-11H,1-2,5-7,9H2,(H,23,27);1H. The van der Waals surface area contributed by atoms with Gasteiger partial charge >= 0.3 is 6.29 Å². The molecule has 1 saturated heterocycles. The van der Waals surface area contributed by atoms with Gasteiger partial charge in [0.25, 0.3) is 11.5 Å². The molecule has 11 heteroatoms. The summed E-state index contributed by atoms with van der Waals surface area (Å²) in [5.74, 6) is -0.802. The fourth-order valence-electron chi connectivity index (χ4n) is 3.88. The van der Waals surface area contributed by atoms with Gasteiger partial charge in [0.05, 0.1) is 16.5 Å². The largest absolute Gasteiger partial charge is 0.586 e. The lowest BCUT2D eigenvalue weighted by atomic mass is 10.2. The van der Waals surface area contributed by atoms with Crippen molar-refractivity contribution in [3.05, 3.63) is 46.4 Å². The highest BCUT2D eigenvalue weighted by Crippen LogP contribution is 2.42. The Labute approximate surface area is 181 Å². The molecule has 0 unspecified atom stereocenters. The van der Waals surface area contributed by atoms with Crippen LogP contribution in [0.25, 0.3) is 16.6 Å². The molecule has 0 aliphatic carbocycles. The molecule has 0 spiro atoms. The second-order valence-electron chi connectivity index (χ2n) is 7.32. The van der Waals surface area contributed by atoms with Crippen molar-refractivity contribution < 1.29 is 23.0 Å². The summed E-state index contributed by atoms with van der Waals surface area (Å²) in [4.78, 5) is 32.3. The number of pyridine rings is 1. The fourth-order valence-corrected chi connectivity index (χ4v) is 3.88. The van der Waals surface area contributed by atoms with Crippen molar-refractivity contribution in [1.29, 1.82) is 0 Å². The Hall–Kier alpha value is -2.98. The molecule has 2 aliphatic heterocycles. The SMILES string of the molecule is Cl.O=C(NCCN1CCCC1)c1cccn2c(=O)c3cc4c(cc3nc12)OC(F)(F)O4. The molecule has 4 heterocycles. The molecule has 1 N–H and O–H groups in total. The second kappa shape index (κ2) is 7.93. The average molecular weight is 453 g/mol. The zero-order valence-corrected chi connectivity index (χ0v) is 17.1. The summed E-state index contributed by atoms with van der Waals surface area (Å²) in [7, 11) is 0. The first kappa shape index (κ1) is 21.3. The van der Waals surface area contributed by atoms with Crippen LogP contribution in [0.3, 0.4) is 0 Å². The molecule has 0 atom stereocenters. The summed E-state index contributed by atoms with van der Waals surface area (Å²) in [6.07, 6.45) is 0.0170. The Morgan fingerprint density at radius 1 is 1.19 bits per heavy atom. The Morgan fingerprint density at radius 2 is 1.90 bits per heavy atom. The van der Waals surface area contributed by atoms with E-state index in [1.807, 2.05) is 0 Å². The lowest BCUT2D eigenvalue weighted by molar-refractivity contribution is -0.286. The number of carbonyl (C=O) groups is 1. The highest BCUT2D eigenvalue weighted by Gasteiger charge is 2.43. The van der Waals surface area contributed by atoms with E-state index in [-0.39, 0.29) is 51.9 Å². The van der Waals surface area contributed by atoms with E-state index in [0.717, 1.165) is 19.6 Å². The molecule has 1 amide bonds. The minimum Gasteiger partial charge on any atom is -0.395 e. The summed E-state index contributed by atoms with van der Waals surface area (Å²) in [6.45, 7) is 3.29. The molecule has 1 aromatic carbocycles. The van der Waals surface area contributed by atoms with Crippen LogP contribution in [0.4, 0.5) is 8.78 Å². The zero-order valence-electron chi connectivity index (χ0n) is 16.3. The molecule has 0 bridgehead atoms. The maximum absolute atomic E-state index is 13.4.